The van der Waals surface area contributed by atoms with Crippen molar-refractivity contribution >= 4 is 12.9 Å². The van der Waals surface area contributed by atoms with Gasteiger partial charge in [0.2, 0.25) is 0 Å². The highest BCUT2D eigenvalue weighted by atomic mass is 16.5. The van der Waals surface area contributed by atoms with Crippen molar-refractivity contribution < 1.29 is 14.5 Å². The summed E-state index contributed by atoms with van der Waals surface area (Å²) in [7, 11) is 1.61. The summed E-state index contributed by atoms with van der Waals surface area (Å²) in [4.78, 5) is 0. The van der Waals surface area contributed by atoms with Crippen LogP contribution in [0.2, 0.25) is 0 Å². The van der Waals surface area contributed by atoms with E-state index in [-0.39, 0.29) is 6.23 Å². The molecule has 1 radical (unpaired) electrons. The van der Waals surface area contributed by atoms with E-state index in [0.717, 1.165) is 5.46 Å². The fraction of sp³-hybridized carbons (Fsp3) is 0.769. The fourth-order valence-electron chi connectivity index (χ4n) is 1.29. The molecular weight excluding hydrogens is 243 g/mol. The average Bonchev–Trinajstić information content (AvgIpc) is 2.74. The smallest absolute Gasteiger partial charge is 0.334 e. The Morgan fingerprint density at radius 2 is 2.05 bits per heavy atom. The molecule has 0 amide bonds. The van der Waals surface area contributed by atoms with Gasteiger partial charge >= 0.3 is 7.48 Å². The van der Waals surface area contributed by atoms with Crippen molar-refractivity contribution in [1.82, 2.24) is 9.78 Å². The van der Waals surface area contributed by atoms with Crippen LogP contribution in [-0.2, 0) is 9.39 Å². The van der Waals surface area contributed by atoms with Gasteiger partial charge in [-0.25, -0.2) is 4.68 Å². The summed E-state index contributed by atoms with van der Waals surface area (Å²) in [6.45, 7) is 11.7. The second kappa shape index (κ2) is 6.07. The lowest BCUT2D eigenvalue weighted by molar-refractivity contribution is -0.0893. The van der Waals surface area contributed by atoms with Crippen LogP contribution in [0.25, 0.3) is 0 Å². The molecule has 0 aliphatic heterocycles. The molecule has 1 unspecified atom stereocenters. The number of aliphatic hydroxyl groups is 1. The van der Waals surface area contributed by atoms with Crippen LogP contribution in [0.1, 0.15) is 47.8 Å². The van der Waals surface area contributed by atoms with Gasteiger partial charge in [0, 0.05) is 19.0 Å². The van der Waals surface area contributed by atoms with Crippen LogP contribution in [0.15, 0.2) is 12.4 Å². The number of hydrogen-bond acceptors (Lipinski definition) is 4. The fourth-order valence-corrected chi connectivity index (χ4v) is 1.29. The number of ether oxygens (including phenoxy) is 1. The maximum absolute atomic E-state index is 10.0. The Labute approximate surface area is 116 Å². The van der Waals surface area contributed by atoms with E-state index in [1.807, 2.05) is 33.9 Å². The van der Waals surface area contributed by atoms with Crippen LogP contribution < -0.4 is 5.46 Å². The van der Waals surface area contributed by atoms with Crippen LogP contribution >= 0.6 is 0 Å². The van der Waals surface area contributed by atoms with Crippen molar-refractivity contribution in [2.45, 2.75) is 59.0 Å². The number of rotatable bonds is 7. The largest absolute Gasteiger partial charge is 0.427 e. The minimum atomic E-state index is -0.932. The molecule has 107 valence electrons. The first-order valence-corrected chi connectivity index (χ1v) is 6.56. The van der Waals surface area contributed by atoms with Gasteiger partial charge in [-0.05, 0) is 47.0 Å². The minimum absolute atomic E-state index is 0.102. The second-order valence-electron chi connectivity index (χ2n) is 5.61. The van der Waals surface area contributed by atoms with Crippen LogP contribution in [0.3, 0.4) is 0 Å². The van der Waals surface area contributed by atoms with Crippen LogP contribution in [0, 0.1) is 0 Å². The summed E-state index contributed by atoms with van der Waals surface area (Å²) < 4.78 is 12.8. The standard InChI is InChI=1S/C13H24BN2O3/c1-7-18-10(2)16-9-11(8-15-16)14-19-13(5,6)12(3,4)17/h8-10,17H,7H2,1-6H3. The molecule has 1 atom stereocenters. The van der Waals surface area contributed by atoms with E-state index < -0.39 is 11.2 Å². The van der Waals surface area contributed by atoms with E-state index >= 15 is 0 Å². The Balaban J connectivity index is 2.60. The SMILES string of the molecule is CCOC(C)n1cc([B]OC(C)(C)C(C)(C)O)cn1. The third-order valence-corrected chi connectivity index (χ3v) is 3.36. The van der Waals surface area contributed by atoms with Crippen molar-refractivity contribution in [3.8, 4) is 0 Å². The van der Waals surface area contributed by atoms with E-state index in [1.54, 1.807) is 32.2 Å². The molecule has 0 spiro atoms. The van der Waals surface area contributed by atoms with E-state index in [4.69, 9.17) is 9.39 Å². The third-order valence-electron chi connectivity index (χ3n) is 3.36. The zero-order chi connectivity index (χ0) is 14.7. The summed E-state index contributed by atoms with van der Waals surface area (Å²) >= 11 is 0. The Bertz CT molecular complexity index is 399. The summed E-state index contributed by atoms with van der Waals surface area (Å²) in [5.41, 5.74) is -0.775. The number of nitrogens with zero attached hydrogens (tertiary/aromatic N) is 2. The molecule has 1 N–H and O–H groups in total. The Morgan fingerprint density at radius 1 is 1.42 bits per heavy atom. The zero-order valence-electron chi connectivity index (χ0n) is 12.7. The molecule has 1 aromatic heterocycles. The topological polar surface area (TPSA) is 56.5 Å². The van der Waals surface area contributed by atoms with Crippen molar-refractivity contribution in [2.75, 3.05) is 6.61 Å². The highest BCUT2D eigenvalue weighted by Gasteiger charge is 2.35. The number of aromatic nitrogens is 2. The maximum Gasteiger partial charge on any atom is 0.334 e. The van der Waals surface area contributed by atoms with Crippen molar-refractivity contribution in [3.05, 3.63) is 12.4 Å². The van der Waals surface area contributed by atoms with E-state index in [2.05, 4.69) is 5.10 Å². The predicted octanol–water partition coefficient (Wildman–Crippen LogP) is 1.25. The molecule has 19 heavy (non-hydrogen) atoms. The molecule has 1 rings (SSSR count). The predicted molar refractivity (Wildman–Crippen MR) is 75.4 cm³/mol. The van der Waals surface area contributed by atoms with Gasteiger partial charge in [0.05, 0.1) is 11.2 Å². The van der Waals surface area contributed by atoms with Crippen LogP contribution in [-0.4, -0.2) is 40.2 Å². The molecule has 0 aromatic carbocycles. The highest BCUT2D eigenvalue weighted by molar-refractivity contribution is 6.46. The second-order valence-corrected chi connectivity index (χ2v) is 5.61. The summed E-state index contributed by atoms with van der Waals surface area (Å²) in [6.07, 6.45) is 3.45. The summed E-state index contributed by atoms with van der Waals surface area (Å²) in [6, 6.07) is 0. The first-order chi connectivity index (χ1) is 8.67. The lowest BCUT2D eigenvalue weighted by Crippen LogP contribution is -2.49. The van der Waals surface area contributed by atoms with Gasteiger partial charge in [-0.3, -0.25) is 0 Å². The van der Waals surface area contributed by atoms with Crippen LogP contribution in [0.5, 0.6) is 0 Å². The quantitative estimate of drug-likeness (QED) is 0.755. The Hall–Kier alpha value is -0.845. The molecule has 0 fully saturated rings. The van der Waals surface area contributed by atoms with Gasteiger partial charge in [0.15, 0.2) is 0 Å². The number of hydrogen-bond donors (Lipinski definition) is 1. The molecule has 6 heteroatoms. The van der Waals surface area contributed by atoms with E-state index in [0.29, 0.717) is 6.61 Å². The van der Waals surface area contributed by atoms with Gasteiger partial charge in [-0.2, -0.15) is 5.10 Å². The van der Waals surface area contributed by atoms with Gasteiger partial charge in [0.1, 0.15) is 6.23 Å². The van der Waals surface area contributed by atoms with Gasteiger partial charge in [0.25, 0.3) is 0 Å². The minimum Gasteiger partial charge on any atom is -0.427 e. The van der Waals surface area contributed by atoms with Crippen molar-refractivity contribution in [3.63, 3.8) is 0 Å². The Kier molecular flexibility index (Phi) is 5.18. The molecule has 0 aliphatic rings. The average molecular weight is 267 g/mol. The molecule has 5 nitrogen and oxygen atoms in total. The van der Waals surface area contributed by atoms with Crippen molar-refractivity contribution in [1.29, 1.82) is 0 Å². The highest BCUT2D eigenvalue weighted by Crippen LogP contribution is 2.24. The van der Waals surface area contributed by atoms with Crippen molar-refractivity contribution in [2.24, 2.45) is 0 Å². The molecular formula is C13H24BN2O3. The molecule has 1 heterocycles. The van der Waals surface area contributed by atoms with E-state index in [9.17, 15) is 5.11 Å². The molecule has 0 saturated carbocycles. The summed E-state index contributed by atoms with van der Waals surface area (Å²) in [5, 5.41) is 14.2. The van der Waals surface area contributed by atoms with E-state index in [1.165, 1.54) is 0 Å². The molecule has 1 aromatic rings. The van der Waals surface area contributed by atoms with Crippen LogP contribution in [0.4, 0.5) is 0 Å². The van der Waals surface area contributed by atoms with Gasteiger partial charge in [-0.1, -0.05) is 0 Å². The monoisotopic (exact) mass is 267 g/mol. The van der Waals surface area contributed by atoms with Gasteiger partial charge < -0.3 is 14.5 Å². The normalized spacial score (nSPS) is 14.5. The zero-order valence-corrected chi connectivity index (χ0v) is 12.7. The lowest BCUT2D eigenvalue weighted by atomic mass is 9.84. The molecule has 0 saturated heterocycles. The van der Waals surface area contributed by atoms with Gasteiger partial charge in [-0.15, -0.1) is 0 Å². The lowest BCUT2D eigenvalue weighted by Gasteiger charge is -2.37. The molecule has 0 bridgehead atoms. The first-order valence-electron chi connectivity index (χ1n) is 6.56. The maximum atomic E-state index is 10.0. The third kappa shape index (κ3) is 4.33. The summed E-state index contributed by atoms with van der Waals surface area (Å²) in [5.74, 6) is 0. The molecule has 0 aliphatic carbocycles. The Morgan fingerprint density at radius 3 is 2.58 bits per heavy atom. The first kappa shape index (κ1) is 16.2.